The van der Waals surface area contributed by atoms with Gasteiger partial charge in [-0.05, 0) is 43.2 Å². The number of halogens is 3. The van der Waals surface area contributed by atoms with Gasteiger partial charge < -0.3 is 9.30 Å². The molecule has 1 atom stereocenters. The Labute approximate surface area is 182 Å². The van der Waals surface area contributed by atoms with Gasteiger partial charge in [-0.25, -0.2) is 17.9 Å². The normalized spacial score (nSPS) is 16.1. The van der Waals surface area contributed by atoms with Crippen LogP contribution in [-0.4, -0.2) is 49.5 Å². The van der Waals surface area contributed by atoms with Crippen molar-refractivity contribution in [3.8, 4) is 11.4 Å². The molecule has 0 radical (unpaired) electrons. The number of carbonyl (C=O) groups is 1. The summed E-state index contributed by atoms with van der Waals surface area (Å²) in [6, 6.07) is 10.7. The minimum atomic E-state index is -3.26. The number of fused-ring (bicyclic) bond motifs is 2. The first kappa shape index (κ1) is 20.5. The third kappa shape index (κ3) is 3.51. The fourth-order valence-electron chi connectivity index (χ4n) is 4.32. The molecule has 1 unspecified atom stereocenters. The van der Waals surface area contributed by atoms with Gasteiger partial charge in [-0.1, -0.05) is 18.9 Å². The second-order valence-electron chi connectivity index (χ2n) is 8.01. The Balaban J connectivity index is 1.64. The first-order valence-electron chi connectivity index (χ1n) is 10.7. The molecule has 5 heterocycles. The molecule has 0 N–H and O–H groups in total. The van der Waals surface area contributed by atoms with Crippen LogP contribution in [0.25, 0.3) is 27.8 Å². The first-order valence-corrected chi connectivity index (χ1v) is 10.7. The van der Waals surface area contributed by atoms with Crippen LogP contribution >= 0.6 is 0 Å². The van der Waals surface area contributed by atoms with Crippen LogP contribution in [0.1, 0.15) is 42.5 Å². The van der Waals surface area contributed by atoms with Gasteiger partial charge in [0, 0.05) is 36.4 Å². The lowest BCUT2D eigenvalue weighted by atomic mass is 10.2. The van der Waals surface area contributed by atoms with Crippen molar-refractivity contribution in [2.45, 2.75) is 38.4 Å². The van der Waals surface area contributed by atoms with Crippen molar-refractivity contribution in [2.75, 3.05) is 13.1 Å². The number of alkyl halides is 3. The SMILES string of the molecule is O=C(c1cc2c(cn1)c(-c1ccc3ccccn13)nn2C(F)C(F)F)N1CCCCCC1. The van der Waals surface area contributed by atoms with Crippen molar-refractivity contribution >= 4 is 22.3 Å². The summed E-state index contributed by atoms with van der Waals surface area (Å²) >= 11 is 0. The number of carbonyl (C=O) groups excluding carboxylic acids is 1. The van der Waals surface area contributed by atoms with Gasteiger partial charge in [0.15, 0.2) is 0 Å². The molecule has 32 heavy (non-hydrogen) atoms. The zero-order valence-corrected chi connectivity index (χ0v) is 17.3. The highest BCUT2D eigenvalue weighted by Gasteiger charge is 2.28. The maximum atomic E-state index is 14.5. The van der Waals surface area contributed by atoms with Crippen LogP contribution in [0.4, 0.5) is 13.2 Å². The van der Waals surface area contributed by atoms with Crippen molar-refractivity contribution < 1.29 is 18.0 Å². The van der Waals surface area contributed by atoms with Crippen LogP contribution in [0.5, 0.6) is 0 Å². The molecule has 1 aliphatic rings. The number of hydrogen-bond donors (Lipinski definition) is 0. The molecular formula is C23H22F3N5O. The summed E-state index contributed by atoms with van der Waals surface area (Å²) in [6.45, 7) is 1.25. The summed E-state index contributed by atoms with van der Waals surface area (Å²) in [5.41, 5.74) is 2.06. The van der Waals surface area contributed by atoms with E-state index in [2.05, 4.69) is 10.1 Å². The molecule has 4 aromatic heterocycles. The van der Waals surface area contributed by atoms with Gasteiger partial charge in [-0.15, -0.1) is 0 Å². The number of amides is 1. The van der Waals surface area contributed by atoms with Gasteiger partial charge in [0.1, 0.15) is 11.4 Å². The largest absolute Gasteiger partial charge is 0.337 e. The summed E-state index contributed by atoms with van der Waals surface area (Å²) in [6.07, 6.45) is 1.31. The monoisotopic (exact) mass is 441 g/mol. The molecule has 1 amide bonds. The third-order valence-electron chi connectivity index (χ3n) is 5.95. The van der Waals surface area contributed by atoms with E-state index in [1.54, 1.807) is 11.0 Å². The summed E-state index contributed by atoms with van der Waals surface area (Å²) in [5.74, 6) is -0.274. The van der Waals surface area contributed by atoms with E-state index in [-0.39, 0.29) is 17.1 Å². The molecule has 1 aliphatic heterocycles. The molecule has 6 nitrogen and oxygen atoms in total. The van der Waals surface area contributed by atoms with Gasteiger partial charge in [-0.2, -0.15) is 5.10 Å². The van der Waals surface area contributed by atoms with Gasteiger partial charge in [-0.3, -0.25) is 9.78 Å². The Morgan fingerprint density at radius 3 is 2.53 bits per heavy atom. The Hall–Kier alpha value is -3.36. The minimum Gasteiger partial charge on any atom is -0.337 e. The molecule has 1 fully saturated rings. The fourth-order valence-corrected chi connectivity index (χ4v) is 4.32. The average Bonchev–Trinajstić information content (AvgIpc) is 3.28. The molecule has 0 spiro atoms. The topological polar surface area (TPSA) is 55.4 Å². The Bertz CT molecular complexity index is 1270. The first-order chi connectivity index (χ1) is 15.5. The smallest absolute Gasteiger partial charge is 0.289 e. The van der Waals surface area contributed by atoms with Crippen molar-refractivity contribution in [1.82, 2.24) is 24.1 Å². The van der Waals surface area contributed by atoms with Crippen molar-refractivity contribution in [2.24, 2.45) is 0 Å². The number of nitrogens with zero attached hydrogens (tertiary/aromatic N) is 5. The van der Waals surface area contributed by atoms with Crippen LogP contribution in [0.3, 0.4) is 0 Å². The molecule has 9 heteroatoms. The lowest BCUT2D eigenvalue weighted by molar-refractivity contribution is 0.00356. The number of pyridine rings is 2. The van der Waals surface area contributed by atoms with Crippen LogP contribution in [-0.2, 0) is 0 Å². The summed E-state index contributed by atoms with van der Waals surface area (Å²) in [5, 5.41) is 4.61. The predicted octanol–water partition coefficient (Wildman–Crippen LogP) is 5.10. The molecule has 5 rings (SSSR count). The number of rotatable bonds is 4. The second-order valence-corrected chi connectivity index (χ2v) is 8.01. The van der Waals surface area contributed by atoms with E-state index >= 15 is 0 Å². The number of hydrogen-bond acceptors (Lipinski definition) is 3. The van der Waals surface area contributed by atoms with E-state index in [1.807, 2.05) is 34.9 Å². The third-order valence-corrected chi connectivity index (χ3v) is 5.95. The van der Waals surface area contributed by atoms with E-state index in [4.69, 9.17) is 0 Å². The Morgan fingerprint density at radius 2 is 1.78 bits per heavy atom. The molecule has 0 aliphatic carbocycles. The highest BCUT2D eigenvalue weighted by atomic mass is 19.3. The number of likely N-dealkylation sites (tertiary alicyclic amines) is 1. The van der Waals surface area contributed by atoms with Gasteiger partial charge in [0.2, 0.25) is 0 Å². The zero-order chi connectivity index (χ0) is 22.2. The lowest BCUT2D eigenvalue weighted by Gasteiger charge is -2.19. The molecule has 4 aromatic rings. The van der Waals surface area contributed by atoms with Crippen LogP contribution < -0.4 is 0 Å². The summed E-state index contributed by atoms with van der Waals surface area (Å²) < 4.78 is 43.7. The van der Waals surface area contributed by atoms with Gasteiger partial charge in [0.25, 0.3) is 18.6 Å². The van der Waals surface area contributed by atoms with Crippen molar-refractivity contribution in [1.29, 1.82) is 0 Å². The summed E-state index contributed by atoms with van der Waals surface area (Å²) in [7, 11) is 0. The Kier molecular flexibility index (Phi) is 5.32. The van der Waals surface area contributed by atoms with Crippen LogP contribution in [0.15, 0.2) is 48.8 Å². The highest BCUT2D eigenvalue weighted by molar-refractivity contribution is 5.99. The van der Waals surface area contributed by atoms with E-state index < -0.39 is 12.7 Å². The predicted molar refractivity (Wildman–Crippen MR) is 114 cm³/mol. The van der Waals surface area contributed by atoms with Crippen molar-refractivity contribution in [3.05, 3.63) is 54.5 Å². The van der Waals surface area contributed by atoms with Crippen molar-refractivity contribution in [3.63, 3.8) is 0 Å². The number of aromatic nitrogens is 4. The van der Waals surface area contributed by atoms with E-state index in [0.717, 1.165) is 31.2 Å². The molecule has 166 valence electrons. The molecule has 0 aromatic carbocycles. The fraction of sp³-hybridized carbons (Fsp3) is 0.348. The quantitative estimate of drug-likeness (QED) is 0.443. The maximum absolute atomic E-state index is 14.5. The average molecular weight is 441 g/mol. The Morgan fingerprint density at radius 1 is 1.00 bits per heavy atom. The highest BCUT2D eigenvalue weighted by Crippen LogP contribution is 2.33. The lowest BCUT2D eigenvalue weighted by Crippen LogP contribution is -2.32. The molecular weight excluding hydrogens is 419 g/mol. The molecule has 1 saturated heterocycles. The van der Waals surface area contributed by atoms with Gasteiger partial charge >= 0.3 is 0 Å². The van der Waals surface area contributed by atoms with E-state index in [9.17, 15) is 18.0 Å². The second kappa shape index (κ2) is 8.29. The minimum absolute atomic E-state index is 0.105. The van der Waals surface area contributed by atoms with E-state index in [1.165, 1.54) is 12.3 Å². The van der Waals surface area contributed by atoms with E-state index in [0.29, 0.717) is 34.5 Å². The van der Waals surface area contributed by atoms with Crippen LogP contribution in [0.2, 0.25) is 0 Å². The maximum Gasteiger partial charge on any atom is 0.289 e. The zero-order valence-electron chi connectivity index (χ0n) is 17.3. The summed E-state index contributed by atoms with van der Waals surface area (Å²) in [4.78, 5) is 19.1. The molecule has 0 saturated carbocycles. The van der Waals surface area contributed by atoms with Gasteiger partial charge in [0.05, 0.1) is 11.2 Å². The van der Waals surface area contributed by atoms with Crippen LogP contribution in [0, 0.1) is 0 Å². The molecule has 0 bridgehead atoms. The standard InChI is InChI=1S/C23H22F3N5O/c24-21(25)22(26)31-19-13-17(23(32)29-10-4-1-2-5-11-29)27-14-16(19)20(28-31)18-9-8-15-7-3-6-12-30(15)18/h3,6-9,12-14,21-22H,1-2,4-5,10-11H2.